The van der Waals surface area contributed by atoms with E-state index < -0.39 is 0 Å². The highest BCUT2D eigenvalue weighted by Gasteiger charge is 2.20. The molecule has 106 valence electrons. The Morgan fingerprint density at radius 1 is 1.14 bits per heavy atom. The third-order valence-corrected chi connectivity index (χ3v) is 3.99. The molecule has 0 saturated heterocycles. The number of nitrogens with two attached hydrogens (primary N) is 1. The minimum atomic E-state index is -0.286. The van der Waals surface area contributed by atoms with Gasteiger partial charge in [0, 0.05) is 15.6 Å². The van der Waals surface area contributed by atoms with Gasteiger partial charge in [-0.3, -0.25) is 0 Å². The van der Waals surface area contributed by atoms with Crippen LogP contribution in [0.25, 0.3) is 22.5 Å². The largest absolute Gasteiger partial charge is 0.380 e. The predicted molar refractivity (Wildman–Crippen MR) is 84.2 cm³/mol. The number of nitrogens with zero attached hydrogens (tertiary/aromatic N) is 1. The van der Waals surface area contributed by atoms with Crippen LogP contribution in [0.1, 0.15) is 5.56 Å². The van der Waals surface area contributed by atoms with E-state index in [1.54, 1.807) is 6.07 Å². The van der Waals surface area contributed by atoms with Gasteiger partial charge in [-0.05, 0) is 36.8 Å². The average Bonchev–Trinajstić information content (AvgIpc) is 2.81. The maximum atomic E-state index is 13.3. The van der Waals surface area contributed by atoms with Crippen LogP contribution >= 0.6 is 15.9 Å². The Kier molecular flexibility index (Phi) is 3.51. The lowest BCUT2D eigenvalue weighted by molar-refractivity contribution is 0.436. The van der Waals surface area contributed by atoms with Crippen molar-refractivity contribution in [3.63, 3.8) is 0 Å². The lowest BCUT2D eigenvalue weighted by Crippen LogP contribution is -1.91. The van der Waals surface area contributed by atoms with Crippen molar-refractivity contribution in [2.24, 2.45) is 0 Å². The van der Waals surface area contributed by atoms with Crippen molar-refractivity contribution >= 4 is 21.7 Å². The van der Waals surface area contributed by atoms with Crippen molar-refractivity contribution in [2.75, 3.05) is 5.73 Å². The Balaban J connectivity index is 2.25. The monoisotopic (exact) mass is 346 g/mol. The molecule has 0 amide bonds. The number of anilines is 1. The van der Waals surface area contributed by atoms with Gasteiger partial charge < -0.3 is 10.3 Å². The second kappa shape index (κ2) is 5.33. The molecule has 0 saturated carbocycles. The first kappa shape index (κ1) is 13.8. The molecule has 0 aliphatic heterocycles. The van der Waals surface area contributed by atoms with Gasteiger partial charge in [-0.1, -0.05) is 39.3 Å². The van der Waals surface area contributed by atoms with E-state index in [-0.39, 0.29) is 5.82 Å². The topological polar surface area (TPSA) is 52.0 Å². The van der Waals surface area contributed by atoms with Crippen LogP contribution in [0, 0.1) is 12.7 Å². The van der Waals surface area contributed by atoms with Crippen LogP contribution in [0.5, 0.6) is 0 Å². The number of hydrogen-bond donors (Lipinski definition) is 1. The fourth-order valence-corrected chi connectivity index (χ4v) is 2.78. The highest BCUT2D eigenvalue weighted by Crippen LogP contribution is 2.40. The maximum Gasteiger partial charge on any atom is 0.177 e. The number of halogens is 2. The summed E-state index contributed by atoms with van der Waals surface area (Å²) in [6, 6.07) is 12.2. The van der Waals surface area contributed by atoms with E-state index >= 15 is 0 Å². The summed E-state index contributed by atoms with van der Waals surface area (Å²) in [5.74, 6) is 0.559. The van der Waals surface area contributed by atoms with Crippen molar-refractivity contribution in [3.8, 4) is 22.5 Å². The molecule has 2 aromatic carbocycles. The Bertz CT molecular complexity index is 814. The van der Waals surface area contributed by atoms with Gasteiger partial charge in [0.05, 0.1) is 5.56 Å². The second-order valence-corrected chi connectivity index (χ2v) is 5.57. The highest BCUT2D eigenvalue weighted by molar-refractivity contribution is 9.10. The molecular weight excluding hydrogens is 335 g/mol. The van der Waals surface area contributed by atoms with E-state index in [1.807, 2.05) is 31.2 Å². The summed E-state index contributed by atoms with van der Waals surface area (Å²) in [6.45, 7) is 1.82. The van der Waals surface area contributed by atoms with Crippen LogP contribution in [0.2, 0.25) is 0 Å². The number of aryl methyl sites for hydroxylation is 1. The number of nitrogen functional groups attached to an aromatic ring is 1. The summed E-state index contributed by atoms with van der Waals surface area (Å²) >= 11 is 3.50. The highest BCUT2D eigenvalue weighted by atomic mass is 79.9. The molecule has 0 aliphatic carbocycles. The SMILES string of the molecule is Cc1cc(F)ccc1-c1onc(N)c1-c1ccccc1Br. The first-order valence-corrected chi connectivity index (χ1v) is 7.14. The fourth-order valence-electron chi connectivity index (χ4n) is 2.29. The van der Waals surface area contributed by atoms with Gasteiger partial charge in [0.25, 0.3) is 0 Å². The van der Waals surface area contributed by atoms with Crippen LogP contribution in [-0.2, 0) is 0 Å². The summed E-state index contributed by atoms with van der Waals surface area (Å²) in [4.78, 5) is 0. The zero-order chi connectivity index (χ0) is 15.0. The lowest BCUT2D eigenvalue weighted by atomic mass is 9.98. The molecule has 0 unspecified atom stereocenters. The van der Waals surface area contributed by atoms with Gasteiger partial charge in [-0.25, -0.2) is 4.39 Å². The van der Waals surface area contributed by atoms with Gasteiger partial charge >= 0.3 is 0 Å². The van der Waals surface area contributed by atoms with Gasteiger partial charge in [0.2, 0.25) is 0 Å². The molecule has 5 heteroatoms. The van der Waals surface area contributed by atoms with Crippen molar-refractivity contribution in [3.05, 3.63) is 58.3 Å². The van der Waals surface area contributed by atoms with Crippen LogP contribution in [0.4, 0.5) is 10.2 Å². The third kappa shape index (κ3) is 2.45. The summed E-state index contributed by atoms with van der Waals surface area (Å²) in [6.07, 6.45) is 0. The quantitative estimate of drug-likeness (QED) is 0.724. The summed E-state index contributed by atoms with van der Waals surface area (Å²) in [7, 11) is 0. The number of benzene rings is 2. The molecular formula is C16H12BrFN2O. The summed E-state index contributed by atoms with van der Waals surface area (Å²) in [5, 5.41) is 3.86. The Hall–Kier alpha value is -2.14. The molecule has 21 heavy (non-hydrogen) atoms. The first-order chi connectivity index (χ1) is 10.1. The predicted octanol–water partition coefficient (Wildman–Crippen LogP) is 4.80. The smallest absolute Gasteiger partial charge is 0.177 e. The van der Waals surface area contributed by atoms with Gasteiger partial charge in [0.1, 0.15) is 5.82 Å². The number of aromatic nitrogens is 1. The lowest BCUT2D eigenvalue weighted by Gasteiger charge is -2.07. The zero-order valence-corrected chi connectivity index (χ0v) is 12.8. The Morgan fingerprint density at radius 2 is 1.90 bits per heavy atom. The Morgan fingerprint density at radius 3 is 2.62 bits per heavy atom. The molecule has 0 radical (unpaired) electrons. The molecule has 0 spiro atoms. The third-order valence-electron chi connectivity index (χ3n) is 3.29. The Labute approximate surface area is 129 Å². The minimum absolute atomic E-state index is 0.286. The number of hydrogen-bond acceptors (Lipinski definition) is 3. The minimum Gasteiger partial charge on any atom is -0.380 e. The molecule has 3 rings (SSSR count). The van der Waals surface area contributed by atoms with Crippen LogP contribution in [0.3, 0.4) is 0 Å². The van der Waals surface area contributed by atoms with Crippen molar-refractivity contribution < 1.29 is 8.91 Å². The molecule has 0 bridgehead atoms. The summed E-state index contributed by atoms with van der Waals surface area (Å²) < 4.78 is 19.6. The zero-order valence-electron chi connectivity index (χ0n) is 11.2. The van der Waals surface area contributed by atoms with E-state index in [9.17, 15) is 4.39 Å². The van der Waals surface area contributed by atoms with E-state index in [1.165, 1.54) is 12.1 Å². The molecule has 0 fully saturated rings. The number of rotatable bonds is 2. The van der Waals surface area contributed by atoms with E-state index in [4.69, 9.17) is 10.3 Å². The summed E-state index contributed by atoms with van der Waals surface area (Å²) in [5.41, 5.74) is 9.08. The van der Waals surface area contributed by atoms with E-state index in [0.717, 1.165) is 21.2 Å². The van der Waals surface area contributed by atoms with Crippen LogP contribution in [0.15, 0.2) is 51.5 Å². The standard InChI is InChI=1S/C16H12BrFN2O/c1-9-8-10(18)6-7-11(9)15-14(16(19)20-21-15)12-4-2-3-5-13(12)17/h2-8H,1H3,(H2,19,20). The van der Waals surface area contributed by atoms with Crippen molar-refractivity contribution in [1.29, 1.82) is 0 Å². The van der Waals surface area contributed by atoms with Gasteiger partial charge in [-0.15, -0.1) is 0 Å². The molecule has 2 N–H and O–H groups in total. The average molecular weight is 347 g/mol. The fraction of sp³-hybridized carbons (Fsp3) is 0.0625. The molecule has 0 aliphatic rings. The van der Waals surface area contributed by atoms with Gasteiger partial charge in [0.15, 0.2) is 11.6 Å². The molecule has 0 atom stereocenters. The molecule has 3 aromatic rings. The molecule has 1 heterocycles. The van der Waals surface area contributed by atoms with Gasteiger partial charge in [-0.2, -0.15) is 0 Å². The second-order valence-electron chi connectivity index (χ2n) is 4.71. The van der Waals surface area contributed by atoms with E-state index in [2.05, 4.69) is 21.1 Å². The molecule has 3 nitrogen and oxygen atoms in total. The maximum absolute atomic E-state index is 13.3. The van der Waals surface area contributed by atoms with Crippen LogP contribution < -0.4 is 5.73 Å². The van der Waals surface area contributed by atoms with Crippen LogP contribution in [-0.4, -0.2) is 5.16 Å². The van der Waals surface area contributed by atoms with E-state index in [0.29, 0.717) is 17.1 Å². The van der Waals surface area contributed by atoms with Crippen molar-refractivity contribution in [1.82, 2.24) is 5.16 Å². The normalized spacial score (nSPS) is 10.8. The van der Waals surface area contributed by atoms with Crippen molar-refractivity contribution in [2.45, 2.75) is 6.92 Å². The first-order valence-electron chi connectivity index (χ1n) is 6.34. The molecule has 1 aromatic heterocycles.